The number of anilines is 1. The highest BCUT2D eigenvalue weighted by Gasteiger charge is 2.21. The summed E-state index contributed by atoms with van der Waals surface area (Å²) >= 11 is 0. The third-order valence-electron chi connectivity index (χ3n) is 4.36. The zero-order valence-electron chi connectivity index (χ0n) is 15.5. The largest absolute Gasteiger partial charge is 0.359 e. The molecule has 2 heterocycles. The van der Waals surface area contributed by atoms with Gasteiger partial charge in [-0.15, -0.1) is 0 Å². The van der Waals surface area contributed by atoms with E-state index in [2.05, 4.69) is 54.3 Å². The van der Waals surface area contributed by atoms with Crippen molar-refractivity contribution in [3.8, 4) is 0 Å². The quantitative estimate of drug-likeness (QED) is 0.708. The minimum atomic E-state index is -0.168. The van der Waals surface area contributed by atoms with Crippen LogP contribution in [0, 0.1) is 0 Å². The fourth-order valence-electron chi connectivity index (χ4n) is 3.00. The Bertz CT molecular complexity index is 821. The van der Waals surface area contributed by atoms with E-state index < -0.39 is 0 Å². The summed E-state index contributed by atoms with van der Waals surface area (Å²) in [7, 11) is 0. The number of rotatable bonds is 6. The molecule has 0 aliphatic carbocycles. The molecule has 4 heteroatoms. The molecule has 134 valence electrons. The van der Waals surface area contributed by atoms with Crippen LogP contribution >= 0.6 is 0 Å². The van der Waals surface area contributed by atoms with Gasteiger partial charge < -0.3 is 10.6 Å². The number of hydrogen-bond donors (Lipinski definition) is 2. The number of pyridine rings is 1. The van der Waals surface area contributed by atoms with Crippen molar-refractivity contribution in [1.82, 2.24) is 10.3 Å². The first-order valence-corrected chi connectivity index (χ1v) is 9.14. The number of amidine groups is 1. The van der Waals surface area contributed by atoms with E-state index in [1.807, 2.05) is 30.5 Å². The first-order valence-electron chi connectivity index (χ1n) is 9.14. The van der Waals surface area contributed by atoms with Crippen LogP contribution in [0.3, 0.4) is 0 Å². The van der Waals surface area contributed by atoms with Gasteiger partial charge in [-0.2, -0.15) is 0 Å². The second kappa shape index (κ2) is 8.48. The standard InChI is InChI=1S/C22H26N4/c1-4-5-9-16(2)14-17(3)24-22-19-11-6-7-12-20(19)25-21(26-22)18-10-8-13-23-15-18/h6-8,10-15,21,25H,3-5,9H2,1-2H3,(H,24,26)/b16-14-. The van der Waals surface area contributed by atoms with Gasteiger partial charge in [0.2, 0.25) is 0 Å². The highest BCUT2D eigenvalue weighted by Crippen LogP contribution is 2.29. The molecule has 2 aromatic rings. The summed E-state index contributed by atoms with van der Waals surface area (Å²) in [6.07, 6.45) is 9.06. The van der Waals surface area contributed by atoms with Crippen molar-refractivity contribution in [2.75, 3.05) is 5.32 Å². The lowest BCUT2D eigenvalue weighted by atomic mass is 10.1. The van der Waals surface area contributed by atoms with Crippen LogP contribution in [0.15, 0.2) is 77.7 Å². The highest BCUT2D eigenvalue weighted by atomic mass is 15.2. The predicted octanol–water partition coefficient (Wildman–Crippen LogP) is 5.19. The summed E-state index contributed by atoms with van der Waals surface area (Å²) in [5.41, 5.74) is 5.32. The van der Waals surface area contributed by atoms with Gasteiger partial charge in [0.05, 0.1) is 0 Å². The molecule has 0 bridgehead atoms. The topological polar surface area (TPSA) is 49.3 Å². The van der Waals surface area contributed by atoms with Crippen molar-refractivity contribution in [2.45, 2.75) is 39.3 Å². The third kappa shape index (κ3) is 4.39. The lowest BCUT2D eigenvalue weighted by Gasteiger charge is -2.26. The van der Waals surface area contributed by atoms with Crippen molar-refractivity contribution in [2.24, 2.45) is 4.99 Å². The summed E-state index contributed by atoms with van der Waals surface area (Å²) in [5, 5.41) is 6.87. The molecule has 3 rings (SSSR count). The van der Waals surface area contributed by atoms with Crippen LogP contribution in [0.25, 0.3) is 0 Å². The molecule has 1 aromatic carbocycles. The van der Waals surface area contributed by atoms with Crippen LogP contribution < -0.4 is 10.6 Å². The van der Waals surface area contributed by atoms with Crippen LogP contribution in [0.4, 0.5) is 5.69 Å². The van der Waals surface area contributed by atoms with Crippen LogP contribution in [0.1, 0.15) is 50.4 Å². The number of aliphatic imine (C=N–C) groups is 1. The third-order valence-corrected chi connectivity index (χ3v) is 4.36. The summed E-state index contributed by atoms with van der Waals surface area (Å²) < 4.78 is 0. The molecule has 4 nitrogen and oxygen atoms in total. The molecular weight excluding hydrogens is 320 g/mol. The lowest BCUT2D eigenvalue weighted by molar-refractivity contribution is 0.785. The molecule has 2 N–H and O–H groups in total. The number of fused-ring (bicyclic) bond motifs is 1. The number of para-hydroxylation sites is 1. The molecule has 0 saturated carbocycles. The Labute approximate surface area is 155 Å². The van der Waals surface area contributed by atoms with Crippen LogP contribution in [-0.2, 0) is 0 Å². The van der Waals surface area contributed by atoms with Gasteiger partial charge in [-0.1, -0.05) is 43.7 Å². The number of unbranched alkanes of at least 4 members (excludes halogenated alkanes) is 1. The van der Waals surface area contributed by atoms with Gasteiger partial charge in [0.15, 0.2) is 0 Å². The molecule has 1 aliphatic rings. The molecule has 0 spiro atoms. The SMILES string of the molecule is C=C(/C=C(/C)CCCC)NC1=NC(c2cccnc2)Nc2ccccc21. The van der Waals surface area contributed by atoms with Crippen LogP contribution in [0.2, 0.25) is 0 Å². The molecule has 0 fully saturated rings. The van der Waals surface area contributed by atoms with Crippen molar-refractivity contribution >= 4 is 11.5 Å². The first-order chi connectivity index (χ1) is 12.7. The van der Waals surface area contributed by atoms with E-state index in [4.69, 9.17) is 4.99 Å². The van der Waals surface area contributed by atoms with Crippen LogP contribution in [0.5, 0.6) is 0 Å². The van der Waals surface area contributed by atoms with E-state index in [0.717, 1.165) is 34.8 Å². The molecule has 1 unspecified atom stereocenters. The Kier molecular flexibility index (Phi) is 5.84. The number of hydrogen-bond acceptors (Lipinski definition) is 4. The second-order valence-corrected chi connectivity index (χ2v) is 6.60. The summed E-state index contributed by atoms with van der Waals surface area (Å²) in [6.45, 7) is 8.53. The van der Waals surface area contributed by atoms with Gasteiger partial charge in [-0.3, -0.25) is 4.98 Å². The van der Waals surface area contributed by atoms with Crippen molar-refractivity contribution in [3.05, 3.63) is 83.8 Å². The van der Waals surface area contributed by atoms with Crippen molar-refractivity contribution in [1.29, 1.82) is 0 Å². The minimum Gasteiger partial charge on any atom is -0.359 e. The second-order valence-electron chi connectivity index (χ2n) is 6.60. The molecule has 0 saturated heterocycles. The average Bonchev–Trinajstić information content (AvgIpc) is 2.67. The molecular formula is C22H26N4. The van der Waals surface area contributed by atoms with Gasteiger partial charge in [0.1, 0.15) is 12.0 Å². The zero-order chi connectivity index (χ0) is 18.4. The first kappa shape index (κ1) is 17.9. The van der Waals surface area contributed by atoms with Crippen LogP contribution in [-0.4, -0.2) is 10.8 Å². The molecule has 26 heavy (non-hydrogen) atoms. The van der Waals surface area contributed by atoms with Gasteiger partial charge >= 0.3 is 0 Å². The number of benzene rings is 1. The molecule has 0 amide bonds. The van der Waals surface area contributed by atoms with Gasteiger partial charge in [-0.05, 0) is 44.0 Å². The smallest absolute Gasteiger partial charge is 0.148 e. The van der Waals surface area contributed by atoms with E-state index in [0.29, 0.717) is 0 Å². The normalized spacial score (nSPS) is 16.3. The Morgan fingerprint density at radius 2 is 2.12 bits per heavy atom. The van der Waals surface area contributed by atoms with E-state index in [9.17, 15) is 0 Å². The molecule has 0 radical (unpaired) electrons. The number of aromatic nitrogens is 1. The highest BCUT2D eigenvalue weighted by molar-refractivity contribution is 6.05. The molecule has 1 aliphatic heterocycles. The van der Waals surface area contributed by atoms with Crippen molar-refractivity contribution < 1.29 is 0 Å². The fraction of sp³-hybridized carbons (Fsp3) is 0.273. The maximum Gasteiger partial charge on any atom is 0.148 e. The average molecular weight is 346 g/mol. The van der Waals surface area contributed by atoms with Gasteiger partial charge in [0, 0.05) is 34.9 Å². The number of nitrogens with zero attached hydrogens (tertiary/aromatic N) is 2. The molecule has 1 atom stereocenters. The summed E-state index contributed by atoms with van der Waals surface area (Å²) in [6, 6.07) is 12.1. The minimum absolute atomic E-state index is 0.168. The maximum absolute atomic E-state index is 4.87. The van der Waals surface area contributed by atoms with E-state index in [1.54, 1.807) is 6.20 Å². The maximum atomic E-state index is 4.87. The van der Waals surface area contributed by atoms with Gasteiger partial charge in [0.25, 0.3) is 0 Å². The monoisotopic (exact) mass is 346 g/mol. The van der Waals surface area contributed by atoms with Gasteiger partial charge in [-0.25, -0.2) is 4.99 Å². The van der Waals surface area contributed by atoms with E-state index >= 15 is 0 Å². The zero-order valence-corrected chi connectivity index (χ0v) is 15.5. The summed E-state index contributed by atoms with van der Waals surface area (Å²) in [5.74, 6) is 0.831. The Balaban J connectivity index is 1.84. The fourth-order valence-corrected chi connectivity index (χ4v) is 3.00. The number of nitrogens with one attached hydrogen (secondary N) is 2. The van der Waals surface area contributed by atoms with E-state index in [1.165, 1.54) is 18.4 Å². The lowest BCUT2D eigenvalue weighted by Crippen LogP contribution is -2.29. The predicted molar refractivity (Wildman–Crippen MR) is 109 cm³/mol. The van der Waals surface area contributed by atoms with E-state index in [-0.39, 0.29) is 6.17 Å². The Morgan fingerprint density at radius 3 is 2.88 bits per heavy atom. The summed E-state index contributed by atoms with van der Waals surface area (Å²) in [4.78, 5) is 9.08. The Hall–Kier alpha value is -2.88. The van der Waals surface area contributed by atoms with Crippen molar-refractivity contribution in [3.63, 3.8) is 0 Å². The number of allylic oxidation sites excluding steroid dienone is 2. The Morgan fingerprint density at radius 1 is 1.27 bits per heavy atom. The molecule has 1 aromatic heterocycles.